The minimum atomic E-state index is -1.08. The number of hydrogen-bond acceptors (Lipinski definition) is 7. The van der Waals surface area contributed by atoms with Crippen LogP contribution in [0.25, 0.3) is 5.70 Å². The molecule has 5 heterocycles. The van der Waals surface area contributed by atoms with E-state index in [-0.39, 0.29) is 35.7 Å². The first-order valence-electron chi connectivity index (χ1n) is 12.6. The second-order valence-electron chi connectivity index (χ2n) is 9.87. The third-order valence-corrected chi connectivity index (χ3v) is 7.72. The van der Waals surface area contributed by atoms with Gasteiger partial charge in [-0.15, -0.1) is 0 Å². The van der Waals surface area contributed by atoms with Crippen molar-refractivity contribution in [3.8, 4) is 0 Å². The summed E-state index contributed by atoms with van der Waals surface area (Å²) in [6.45, 7) is 0.461. The molecule has 1 fully saturated rings. The number of imidazole rings is 1. The topological polar surface area (TPSA) is 124 Å². The number of nitrogens with one attached hydrogen (secondary N) is 1. The van der Waals surface area contributed by atoms with Gasteiger partial charge in [-0.05, 0) is 48.6 Å². The van der Waals surface area contributed by atoms with E-state index in [9.17, 15) is 9.18 Å². The third-order valence-electron chi connectivity index (χ3n) is 7.50. The number of allylic oxidation sites excluding steroid dienone is 1. The minimum Gasteiger partial charge on any atom is -0.383 e. The second kappa shape index (κ2) is 8.81. The van der Waals surface area contributed by atoms with Gasteiger partial charge in [0.05, 0.1) is 22.0 Å². The van der Waals surface area contributed by atoms with Crippen molar-refractivity contribution in [3.63, 3.8) is 0 Å². The molecule has 1 unspecified atom stereocenters. The normalized spacial score (nSPS) is 20.0. The number of hydrogen-bond donors (Lipinski definition) is 2. The molecule has 3 aliphatic rings. The summed E-state index contributed by atoms with van der Waals surface area (Å²) in [5.74, 6) is 0.912. The summed E-state index contributed by atoms with van der Waals surface area (Å²) in [6.07, 6.45) is 8.87. The first-order valence-corrected chi connectivity index (χ1v) is 13.0. The molecule has 4 aromatic rings. The number of aromatic nitrogens is 5. The van der Waals surface area contributed by atoms with Crippen molar-refractivity contribution >= 4 is 40.6 Å². The molecule has 1 saturated carbocycles. The Balaban J connectivity index is 1.33. The van der Waals surface area contributed by atoms with Crippen molar-refractivity contribution in [3.05, 3.63) is 100 Å². The van der Waals surface area contributed by atoms with E-state index in [1.165, 1.54) is 12.3 Å². The van der Waals surface area contributed by atoms with Gasteiger partial charge in [-0.2, -0.15) is 0 Å². The summed E-state index contributed by atoms with van der Waals surface area (Å²) < 4.78 is 16.4. The van der Waals surface area contributed by atoms with Crippen LogP contribution in [0.2, 0.25) is 5.02 Å². The van der Waals surface area contributed by atoms with Gasteiger partial charge < -0.3 is 15.6 Å². The molecular formula is C28H22ClFN8O. The highest BCUT2D eigenvalue weighted by Gasteiger charge is 2.60. The van der Waals surface area contributed by atoms with Crippen LogP contribution in [0.1, 0.15) is 41.3 Å². The lowest BCUT2D eigenvalue weighted by atomic mass is 9.74. The second-order valence-corrected chi connectivity index (χ2v) is 10.3. The van der Waals surface area contributed by atoms with Crippen molar-refractivity contribution in [2.75, 3.05) is 11.1 Å². The predicted octanol–water partition coefficient (Wildman–Crippen LogP) is 4.18. The zero-order chi connectivity index (χ0) is 26.7. The Bertz CT molecular complexity index is 1710. The molecule has 1 aliphatic carbocycles. The Morgan fingerprint density at radius 2 is 2.00 bits per heavy atom. The summed E-state index contributed by atoms with van der Waals surface area (Å²) in [6, 6.07) is 10.1. The van der Waals surface area contributed by atoms with Gasteiger partial charge in [-0.3, -0.25) is 9.78 Å². The quantitative estimate of drug-likeness (QED) is 0.391. The number of halogens is 2. The first kappa shape index (κ1) is 23.7. The van der Waals surface area contributed by atoms with Crippen LogP contribution >= 0.6 is 11.6 Å². The average molecular weight is 541 g/mol. The molecule has 7 rings (SSSR count). The fourth-order valence-electron chi connectivity index (χ4n) is 5.58. The molecule has 1 atom stereocenters. The molecule has 1 amide bonds. The maximum atomic E-state index is 14.5. The highest BCUT2D eigenvalue weighted by atomic mass is 35.5. The molecule has 0 spiro atoms. The van der Waals surface area contributed by atoms with Gasteiger partial charge in [0.2, 0.25) is 5.91 Å². The summed E-state index contributed by atoms with van der Waals surface area (Å²) in [5.41, 5.74) is 8.14. The molecule has 0 radical (unpaired) electrons. The summed E-state index contributed by atoms with van der Waals surface area (Å²) >= 11 is 6.09. The zero-order valence-electron chi connectivity index (χ0n) is 20.6. The highest BCUT2D eigenvalue weighted by Crippen LogP contribution is 2.57. The maximum Gasteiger partial charge on any atom is 0.242 e. The van der Waals surface area contributed by atoms with Crippen LogP contribution in [0, 0.1) is 11.7 Å². The van der Waals surface area contributed by atoms with Crippen LogP contribution < -0.4 is 11.1 Å². The molecule has 9 nitrogen and oxygen atoms in total. The number of nitrogens with two attached hydrogens (primary N) is 1. The van der Waals surface area contributed by atoms with Crippen LogP contribution in [0.15, 0.2) is 66.1 Å². The maximum absolute atomic E-state index is 14.5. The Labute approximate surface area is 227 Å². The fraction of sp³-hybridized carbons (Fsp3) is 0.214. The van der Waals surface area contributed by atoms with Crippen LogP contribution in [0.4, 0.5) is 16.0 Å². The molecule has 194 valence electrons. The molecule has 11 heteroatoms. The number of amides is 1. The van der Waals surface area contributed by atoms with Gasteiger partial charge in [-0.1, -0.05) is 29.8 Å². The summed E-state index contributed by atoms with van der Waals surface area (Å²) in [7, 11) is 0. The van der Waals surface area contributed by atoms with Crippen molar-refractivity contribution < 1.29 is 9.18 Å². The van der Waals surface area contributed by atoms with Gasteiger partial charge in [-0.25, -0.2) is 24.3 Å². The van der Waals surface area contributed by atoms with E-state index in [0.29, 0.717) is 51.4 Å². The predicted molar refractivity (Wildman–Crippen MR) is 145 cm³/mol. The minimum absolute atomic E-state index is 0.0311. The lowest BCUT2D eigenvalue weighted by Crippen LogP contribution is -2.39. The monoisotopic (exact) mass is 540 g/mol. The van der Waals surface area contributed by atoms with E-state index in [2.05, 4.69) is 20.3 Å². The molecule has 0 saturated heterocycles. The molecule has 2 aliphatic heterocycles. The van der Waals surface area contributed by atoms with E-state index in [0.717, 1.165) is 12.8 Å². The molecule has 3 N–H and O–H groups in total. The SMILES string of the molecule is Nc1nc(C2=CCn3ccnc3C(Cc3ccccc3F)=N2)nc2c1C(c1ccc(Cl)cn1)(C1CC1)C(=O)N2. The van der Waals surface area contributed by atoms with E-state index in [1.54, 1.807) is 36.5 Å². The van der Waals surface area contributed by atoms with Crippen molar-refractivity contribution in [1.29, 1.82) is 0 Å². The highest BCUT2D eigenvalue weighted by molar-refractivity contribution is 6.30. The van der Waals surface area contributed by atoms with E-state index < -0.39 is 5.41 Å². The van der Waals surface area contributed by atoms with Crippen molar-refractivity contribution in [2.24, 2.45) is 10.9 Å². The number of pyridine rings is 1. The lowest BCUT2D eigenvalue weighted by Gasteiger charge is -2.27. The van der Waals surface area contributed by atoms with Gasteiger partial charge in [0.1, 0.15) is 28.6 Å². The fourth-order valence-corrected chi connectivity index (χ4v) is 5.70. The summed E-state index contributed by atoms with van der Waals surface area (Å²) in [4.78, 5) is 36.8. The van der Waals surface area contributed by atoms with E-state index >= 15 is 0 Å². The number of fused-ring (bicyclic) bond motifs is 2. The Kier molecular flexibility index (Phi) is 5.34. The van der Waals surface area contributed by atoms with Crippen LogP contribution in [0.5, 0.6) is 0 Å². The van der Waals surface area contributed by atoms with Gasteiger partial charge in [0, 0.05) is 31.6 Å². The molecule has 3 aromatic heterocycles. The van der Waals surface area contributed by atoms with Crippen LogP contribution in [-0.4, -0.2) is 36.1 Å². The Hall–Kier alpha value is -4.44. The van der Waals surface area contributed by atoms with Crippen LogP contribution in [0.3, 0.4) is 0 Å². The number of nitrogen functional groups attached to an aromatic ring is 1. The molecule has 39 heavy (non-hydrogen) atoms. The van der Waals surface area contributed by atoms with Crippen LogP contribution in [-0.2, 0) is 23.2 Å². The van der Waals surface area contributed by atoms with Crippen molar-refractivity contribution in [1.82, 2.24) is 24.5 Å². The number of aliphatic imine (C=N–C) groups is 1. The Morgan fingerprint density at radius 1 is 1.15 bits per heavy atom. The zero-order valence-corrected chi connectivity index (χ0v) is 21.4. The van der Waals surface area contributed by atoms with Gasteiger partial charge in [0.25, 0.3) is 0 Å². The standard InChI is InChI=1S/C28H22ClFN8O/c29-17-7-8-21(33-14-17)28(16-5-6-16)22-23(31)35-24(36-25(22)37-27(28)39)19-9-11-38-12-10-32-26(38)20(34-19)13-15-3-1-2-4-18(15)30/h1-4,7-10,12,14,16H,5-6,11,13H2,(H3,31,35,36,37,39). The average Bonchev–Trinajstić information content (AvgIpc) is 3.62. The van der Waals surface area contributed by atoms with Crippen molar-refractivity contribution in [2.45, 2.75) is 31.2 Å². The summed E-state index contributed by atoms with van der Waals surface area (Å²) in [5, 5.41) is 3.42. The number of nitrogens with zero attached hydrogens (tertiary/aromatic N) is 6. The molecule has 0 bridgehead atoms. The Morgan fingerprint density at radius 3 is 2.77 bits per heavy atom. The third kappa shape index (κ3) is 3.74. The largest absolute Gasteiger partial charge is 0.383 e. The number of carbonyl (C=O) groups excluding carboxylic acids is 1. The lowest BCUT2D eigenvalue weighted by molar-refractivity contribution is -0.120. The molecule has 1 aromatic carbocycles. The smallest absolute Gasteiger partial charge is 0.242 e. The first-order chi connectivity index (χ1) is 18.9. The molecular weight excluding hydrogens is 519 g/mol. The number of anilines is 2. The number of rotatable bonds is 5. The van der Waals surface area contributed by atoms with E-state index in [4.69, 9.17) is 27.3 Å². The van der Waals surface area contributed by atoms with Gasteiger partial charge >= 0.3 is 0 Å². The number of benzene rings is 1. The number of carbonyl (C=O) groups is 1. The van der Waals surface area contributed by atoms with Gasteiger partial charge in [0.15, 0.2) is 11.6 Å². The van der Waals surface area contributed by atoms with E-state index in [1.807, 2.05) is 16.8 Å².